The summed E-state index contributed by atoms with van der Waals surface area (Å²) in [5, 5.41) is 6.43. The van der Waals surface area contributed by atoms with E-state index in [0.29, 0.717) is 50.7 Å². The number of pyridine rings is 1. The van der Waals surface area contributed by atoms with Gasteiger partial charge in [0.1, 0.15) is 29.0 Å². The predicted octanol–water partition coefficient (Wildman–Crippen LogP) is 3.05. The molecule has 0 radical (unpaired) electrons. The van der Waals surface area contributed by atoms with Crippen molar-refractivity contribution in [3.8, 4) is 0 Å². The SMILES string of the molecule is CCCCC(=Nc1cc2ccccc2nc1N)N(C)CCOCCNC(=O)C(CCCN=C(N)N)NC(=O)OC(C)(C)C. The Labute approximate surface area is 254 Å². The lowest BCUT2D eigenvalue weighted by molar-refractivity contribution is -0.123. The summed E-state index contributed by atoms with van der Waals surface area (Å²) in [5.74, 6) is 0.928. The molecule has 1 heterocycles. The van der Waals surface area contributed by atoms with Crippen LogP contribution in [-0.4, -0.2) is 85.2 Å². The Bertz CT molecular complexity index is 1240. The molecule has 13 heteroatoms. The number of ether oxygens (including phenoxy) is 2. The number of nitrogens with one attached hydrogen (secondary N) is 2. The number of amidine groups is 1. The smallest absolute Gasteiger partial charge is 0.408 e. The lowest BCUT2D eigenvalue weighted by Gasteiger charge is -2.23. The molecule has 2 rings (SSSR count). The molecule has 43 heavy (non-hydrogen) atoms. The molecule has 0 aliphatic heterocycles. The minimum Gasteiger partial charge on any atom is -0.444 e. The van der Waals surface area contributed by atoms with Gasteiger partial charge in [-0.2, -0.15) is 0 Å². The number of nitrogens with two attached hydrogens (primary N) is 3. The summed E-state index contributed by atoms with van der Waals surface area (Å²) in [7, 11) is 1.97. The maximum absolute atomic E-state index is 12.8. The Morgan fingerprint density at radius 3 is 2.58 bits per heavy atom. The lowest BCUT2D eigenvalue weighted by atomic mass is 10.1. The quantitative estimate of drug-likeness (QED) is 0.109. The number of guanidine groups is 1. The summed E-state index contributed by atoms with van der Waals surface area (Å²) in [6, 6.07) is 8.97. The zero-order chi connectivity index (χ0) is 31.8. The van der Waals surface area contributed by atoms with Gasteiger partial charge >= 0.3 is 6.09 Å². The van der Waals surface area contributed by atoms with Crippen molar-refractivity contribution in [3.63, 3.8) is 0 Å². The van der Waals surface area contributed by atoms with Crippen LogP contribution in [0.15, 0.2) is 40.3 Å². The van der Waals surface area contributed by atoms with E-state index in [9.17, 15) is 9.59 Å². The highest BCUT2D eigenvalue weighted by molar-refractivity contribution is 5.90. The summed E-state index contributed by atoms with van der Waals surface area (Å²) in [6.07, 6.45) is 2.98. The molecule has 0 bridgehead atoms. The summed E-state index contributed by atoms with van der Waals surface area (Å²) in [5.41, 5.74) is 17.7. The first-order valence-corrected chi connectivity index (χ1v) is 14.7. The average Bonchev–Trinajstić information content (AvgIpc) is 2.93. The largest absolute Gasteiger partial charge is 0.444 e. The summed E-state index contributed by atoms with van der Waals surface area (Å²) >= 11 is 0. The third-order valence-corrected chi connectivity index (χ3v) is 6.25. The highest BCUT2D eigenvalue weighted by atomic mass is 16.6. The van der Waals surface area contributed by atoms with Crippen LogP contribution in [0.25, 0.3) is 10.9 Å². The van der Waals surface area contributed by atoms with Crippen molar-refractivity contribution in [2.45, 2.75) is 71.4 Å². The second-order valence-electron chi connectivity index (χ2n) is 11.2. The van der Waals surface area contributed by atoms with Crippen LogP contribution in [0.3, 0.4) is 0 Å². The molecule has 238 valence electrons. The van der Waals surface area contributed by atoms with Crippen LogP contribution < -0.4 is 27.8 Å². The molecule has 8 N–H and O–H groups in total. The third kappa shape index (κ3) is 13.6. The number of nitrogens with zero attached hydrogens (tertiary/aromatic N) is 4. The van der Waals surface area contributed by atoms with Crippen molar-refractivity contribution in [1.29, 1.82) is 0 Å². The van der Waals surface area contributed by atoms with Gasteiger partial charge in [-0.25, -0.2) is 14.8 Å². The van der Waals surface area contributed by atoms with Crippen LogP contribution in [0.4, 0.5) is 16.3 Å². The third-order valence-electron chi connectivity index (χ3n) is 6.25. The lowest BCUT2D eigenvalue weighted by Crippen LogP contribution is -2.48. The summed E-state index contributed by atoms with van der Waals surface area (Å²) in [4.78, 5) is 40.4. The van der Waals surface area contributed by atoms with Crippen LogP contribution in [-0.2, 0) is 14.3 Å². The molecule has 1 aromatic heterocycles. The Kier molecular flexibility index (Phi) is 14.5. The fourth-order valence-corrected chi connectivity index (χ4v) is 4.04. The molecular formula is C30H49N9O4. The van der Waals surface area contributed by atoms with Gasteiger partial charge < -0.3 is 42.2 Å². The van der Waals surface area contributed by atoms with Gasteiger partial charge in [-0.1, -0.05) is 31.5 Å². The molecule has 0 saturated heterocycles. The number of amides is 2. The Hall–Kier alpha value is -4.13. The minimum absolute atomic E-state index is 0.0255. The topological polar surface area (TPSA) is 196 Å². The highest BCUT2D eigenvalue weighted by Crippen LogP contribution is 2.26. The van der Waals surface area contributed by atoms with Crippen molar-refractivity contribution in [3.05, 3.63) is 30.3 Å². The Balaban J connectivity index is 1.88. The number of hydrogen-bond donors (Lipinski definition) is 5. The number of benzene rings is 1. The number of anilines is 1. The van der Waals surface area contributed by atoms with Gasteiger partial charge in [0.25, 0.3) is 0 Å². The van der Waals surface area contributed by atoms with Crippen molar-refractivity contribution in [2.75, 3.05) is 45.6 Å². The number of likely N-dealkylation sites (N-methyl/N-ethyl adjacent to an activating group) is 1. The number of alkyl carbamates (subject to hydrolysis) is 1. The summed E-state index contributed by atoms with van der Waals surface area (Å²) in [6.45, 7) is 9.35. The van der Waals surface area contributed by atoms with E-state index in [1.54, 1.807) is 20.8 Å². The summed E-state index contributed by atoms with van der Waals surface area (Å²) < 4.78 is 11.1. The van der Waals surface area contributed by atoms with Gasteiger partial charge in [-0.3, -0.25) is 9.79 Å². The molecule has 1 atom stereocenters. The molecule has 1 aromatic carbocycles. The first-order valence-electron chi connectivity index (χ1n) is 14.7. The van der Waals surface area contributed by atoms with Gasteiger partial charge in [-0.15, -0.1) is 0 Å². The number of hydrogen-bond acceptors (Lipinski definition) is 8. The molecule has 0 fully saturated rings. The van der Waals surface area contributed by atoms with Crippen LogP contribution >= 0.6 is 0 Å². The zero-order valence-corrected chi connectivity index (χ0v) is 26.2. The van der Waals surface area contributed by atoms with Gasteiger partial charge in [0.05, 0.1) is 18.7 Å². The number of rotatable bonds is 16. The van der Waals surface area contributed by atoms with Crippen molar-refractivity contribution >= 4 is 46.2 Å². The number of unbranched alkanes of at least 4 members (excludes halogenated alkanes) is 1. The molecule has 2 amide bonds. The zero-order valence-electron chi connectivity index (χ0n) is 26.2. The molecular weight excluding hydrogens is 550 g/mol. The standard InChI is InChI=1S/C30H49N9O4/c1-6-7-14-25(36-24-20-21-11-8-9-12-22(21)37-26(24)31)39(5)17-19-42-18-16-34-27(40)23(13-10-15-35-28(32)33)38-29(41)43-30(2,3)4/h8-9,11-12,20,23H,6-7,10,13-19H2,1-5H3,(H2,31,37)(H,34,40)(H,38,41)(H4,32,33,35). The van der Waals surface area contributed by atoms with Gasteiger partial charge in [0, 0.05) is 38.5 Å². The molecule has 0 aliphatic rings. The van der Waals surface area contributed by atoms with Gasteiger partial charge in [0.2, 0.25) is 5.91 Å². The highest BCUT2D eigenvalue weighted by Gasteiger charge is 2.24. The van der Waals surface area contributed by atoms with Crippen LogP contribution in [0, 0.1) is 0 Å². The van der Waals surface area contributed by atoms with Gasteiger partial charge in [0.15, 0.2) is 5.96 Å². The Morgan fingerprint density at radius 1 is 1.14 bits per heavy atom. The van der Waals surface area contributed by atoms with E-state index in [0.717, 1.165) is 36.0 Å². The van der Waals surface area contributed by atoms with Crippen molar-refractivity contribution in [2.24, 2.45) is 21.5 Å². The van der Waals surface area contributed by atoms with E-state index in [2.05, 4.69) is 32.4 Å². The molecule has 0 aliphatic carbocycles. The maximum atomic E-state index is 12.8. The Morgan fingerprint density at radius 2 is 1.88 bits per heavy atom. The first kappa shape index (κ1) is 35.1. The fraction of sp³-hybridized carbons (Fsp3) is 0.567. The van der Waals surface area contributed by atoms with Crippen LogP contribution in [0.2, 0.25) is 0 Å². The molecule has 0 spiro atoms. The van der Waals surface area contributed by atoms with Crippen LogP contribution in [0.1, 0.15) is 59.8 Å². The number of carbonyl (C=O) groups is 2. The molecule has 2 aromatic rings. The second-order valence-corrected chi connectivity index (χ2v) is 11.2. The average molecular weight is 600 g/mol. The number of carbonyl (C=O) groups excluding carboxylic acids is 2. The second kappa shape index (κ2) is 17.7. The monoisotopic (exact) mass is 599 g/mol. The van der Waals surface area contributed by atoms with E-state index >= 15 is 0 Å². The molecule has 13 nitrogen and oxygen atoms in total. The van der Waals surface area contributed by atoms with E-state index in [1.165, 1.54) is 0 Å². The van der Waals surface area contributed by atoms with E-state index in [-0.39, 0.29) is 18.4 Å². The van der Waals surface area contributed by atoms with Crippen molar-refractivity contribution in [1.82, 2.24) is 20.5 Å². The van der Waals surface area contributed by atoms with E-state index in [4.69, 9.17) is 31.7 Å². The van der Waals surface area contributed by atoms with E-state index < -0.39 is 17.7 Å². The molecule has 1 unspecified atom stereocenters. The fourth-order valence-electron chi connectivity index (χ4n) is 4.04. The van der Waals surface area contributed by atoms with E-state index in [1.807, 2.05) is 37.4 Å². The number of nitrogen functional groups attached to an aromatic ring is 1. The number of fused-ring (bicyclic) bond motifs is 1. The first-order chi connectivity index (χ1) is 20.4. The maximum Gasteiger partial charge on any atom is 0.408 e. The van der Waals surface area contributed by atoms with Gasteiger partial charge in [-0.05, 0) is 52.2 Å². The number of para-hydroxylation sites is 1. The van der Waals surface area contributed by atoms with Crippen molar-refractivity contribution < 1.29 is 19.1 Å². The number of aromatic nitrogens is 1. The minimum atomic E-state index is -0.801. The number of aliphatic imine (C=N–C) groups is 2. The molecule has 0 saturated carbocycles. The predicted molar refractivity (Wildman–Crippen MR) is 172 cm³/mol. The normalized spacial score (nSPS) is 12.4. The van der Waals surface area contributed by atoms with Crippen LogP contribution in [0.5, 0.6) is 0 Å².